The lowest BCUT2D eigenvalue weighted by Crippen LogP contribution is -2.31. The van der Waals surface area contributed by atoms with Crippen molar-refractivity contribution in [1.29, 1.82) is 0 Å². The van der Waals surface area contributed by atoms with Crippen LogP contribution in [0.3, 0.4) is 0 Å². The molecule has 1 saturated heterocycles. The Labute approximate surface area is 149 Å². The Morgan fingerprint density at radius 1 is 1.32 bits per heavy atom. The van der Waals surface area contributed by atoms with E-state index in [1.807, 2.05) is 29.8 Å². The summed E-state index contributed by atoms with van der Waals surface area (Å²) < 4.78 is 1.92. The first-order valence-electron chi connectivity index (χ1n) is 9.19. The van der Waals surface area contributed by atoms with Gasteiger partial charge in [0, 0.05) is 0 Å². The SMILES string of the molecule is CCCC(NC(=O)c1nnn(C2CCNCC2)c1C)c1ccccc1. The molecular weight excluding hydrogens is 314 g/mol. The Morgan fingerprint density at radius 3 is 2.72 bits per heavy atom. The fraction of sp³-hybridized carbons (Fsp3) is 0.526. The molecule has 0 radical (unpaired) electrons. The van der Waals surface area contributed by atoms with Crippen molar-refractivity contribution in [3.05, 3.63) is 47.3 Å². The third-order valence-electron chi connectivity index (χ3n) is 4.88. The topological polar surface area (TPSA) is 71.8 Å². The number of nitrogens with zero attached hydrogens (tertiary/aromatic N) is 3. The van der Waals surface area contributed by atoms with Crippen LogP contribution in [0.5, 0.6) is 0 Å². The van der Waals surface area contributed by atoms with Gasteiger partial charge in [0.2, 0.25) is 0 Å². The van der Waals surface area contributed by atoms with Gasteiger partial charge in [-0.1, -0.05) is 48.9 Å². The molecule has 2 aromatic rings. The average molecular weight is 341 g/mol. The number of nitrogens with one attached hydrogen (secondary N) is 2. The minimum atomic E-state index is -0.139. The smallest absolute Gasteiger partial charge is 0.274 e. The lowest BCUT2D eigenvalue weighted by Gasteiger charge is -2.23. The lowest BCUT2D eigenvalue weighted by atomic mass is 10.0. The molecule has 1 fully saturated rings. The highest BCUT2D eigenvalue weighted by Crippen LogP contribution is 2.22. The lowest BCUT2D eigenvalue weighted by molar-refractivity contribution is 0.0928. The van der Waals surface area contributed by atoms with E-state index in [1.165, 1.54) is 0 Å². The molecule has 134 valence electrons. The minimum absolute atomic E-state index is 0.00197. The van der Waals surface area contributed by atoms with Gasteiger partial charge in [-0.15, -0.1) is 5.10 Å². The highest BCUT2D eigenvalue weighted by atomic mass is 16.2. The summed E-state index contributed by atoms with van der Waals surface area (Å²) in [5.74, 6) is -0.139. The first kappa shape index (κ1) is 17.6. The van der Waals surface area contributed by atoms with Gasteiger partial charge in [-0.3, -0.25) is 4.79 Å². The molecule has 1 aromatic heterocycles. The standard InChI is InChI=1S/C19H27N5O/c1-3-7-17(15-8-5-4-6-9-15)21-19(25)18-14(2)24(23-22-18)16-10-12-20-13-11-16/h4-6,8-9,16-17,20H,3,7,10-13H2,1-2H3,(H,21,25). The van der Waals surface area contributed by atoms with Crippen LogP contribution in [-0.4, -0.2) is 34.0 Å². The highest BCUT2D eigenvalue weighted by molar-refractivity contribution is 5.93. The number of carbonyl (C=O) groups excluding carboxylic acids is 1. The van der Waals surface area contributed by atoms with Crippen LogP contribution in [0.15, 0.2) is 30.3 Å². The maximum Gasteiger partial charge on any atom is 0.274 e. The molecule has 3 rings (SSSR count). The van der Waals surface area contributed by atoms with Gasteiger partial charge < -0.3 is 10.6 Å². The van der Waals surface area contributed by atoms with Crippen LogP contribution >= 0.6 is 0 Å². The van der Waals surface area contributed by atoms with Crippen molar-refractivity contribution < 1.29 is 4.79 Å². The molecule has 0 bridgehead atoms. The second kappa shape index (κ2) is 8.25. The van der Waals surface area contributed by atoms with E-state index in [9.17, 15) is 4.79 Å². The van der Waals surface area contributed by atoms with Gasteiger partial charge in [0.05, 0.1) is 17.8 Å². The average Bonchev–Trinajstić information content (AvgIpc) is 3.04. The Morgan fingerprint density at radius 2 is 2.04 bits per heavy atom. The van der Waals surface area contributed by atoms with E-state index in [2.05, 4.69) is 40.0 Å². The molecular formula is C19H27N5O. The number of hydrogen-bond donors (Lipinski definition) is 2. The Bertz CT molecular complexity index is 691. The molecule has 1 amide bonds. The van der Waals surface area contributed by atoms with E-state index < -0.39 is 0 Å². The maximum absolute atomic E-state index is 12.8. The van der Waals surface area contributed by atoms with Crippen molar-refractivity contribution in [2.24, 2.45) is 0 Å². The van der Waals surface area contributed by atoms with Gasteiger partial charge in [-0.2, -0.15) is 0 Å². The summed E-state index contributed by atoms with van der Waals surface area (Å²) >= 11 is 0. The first-order chi connectivity index (χ1) is 12.2. The van der Waals surface area contributed by atoms with Crippen molar-refractivity contribution in [1.82, 2.24) is 25.6 Å². The highest BCUT2D eigenvalue weighted by Gasteiger charge is 2.24. The molecule has 1 unspecified atom stereocenters. The van der Waals surface area contributed by atoms with Gasteiger partial charge in [0.25, 0.3) is 5.91 Å². The predicted octanol–water partition coefficient (Wildman–Crippen LogP) is 2.78. The Hall–Kier alpha value is -2.21. The van der Waals surface area contributed by atoms with E-state index in [0.29, 0.717) is 11.7 Å². The summed E-state index contributed by atoms with van der Waals surface area (Å²) in [6.45, 7) is 6.03. The van der Waals surface area contributed by atoms with Crippen LogP contribution in [0.2, 0.25) is 0 Å². The van der Waals surface area contributed by atoms with Gasteiger partial charge in [0.15, 0.2) is 5.69 Å². The van der Waals surface area contributed by atoms with Crippen LogP contribution < -0.4 is 10.6 Å². The molecule has 1 aliphatic heterocycles. The maximum atomic E-state index is 12.8. The van der Waals surface area contributed by atoms with Gasteiger partial charge in [-0.05, 0) is 44.8 Å². The molecule has 2 heterocycles. The molecule has 0 spiro atoms. The third-order valence-corrected chi connectivity index (χ3v) is 4.88. The summed E-state index contributed by atoms with van der Waals surface area (Å²) in [7, 11) is 0. The molecule has 0 saturated carbocycles. The number of aromatic nitrogens is 3. The summed E-state index contributed by atoms with van der Waals surface area (Å²) in [6, 6.07) is 10.4. The zero-order chi connectivity index (χ0) is 17.6. The number of piperidine rings is 1. The molecule has 0 aliphatic carbocycles. The molecule has 1 aliphatic rings. The van der Waals surface area contributed by atoms with Gasteiger partial charge in [0.1, 0.15) is 0 Å². The summed E-state index contributed by atoms with van der Waals surface area (Å²) in [4.78, 5) is 12.8. The largest absolute Gasteiger partial charge is 0.344 e. The van der Waals surface area contributed by atoms with E-state index in [1.54, 1.807) is 0 Å². The van der Waals surface area contributed by atoms with Crippen LogP contribution in [0.25, 0.3) is 0 Å². The van der Waals surface area contributed by atoms with E-state index in [0.717, 1.165) is 50.0 Å². The van der Waals surface area contributed by atoms with Crippen molar-refractivity contribution in [3.63, 3.8) is 0 Å². The van der Waals surface area contributed by atoms with Crippen LogP contribution in [0, 0.1) is 6.92 Å². The van der Waals surface area contributed by atoms with Crippen LogP contribution in [0.4, 0.5) is 0 Å². The van der Waals surface area contributed by atoms with Crippen LogP contribution in [0.1, 0.15) is 66.4 Å². The van der Waals surface area contributed by atoms with Gasteiger partial charge >= 0.3 is 0 Å². The summed E-state index contributed by atoms with van der Waals surface area (Å²) in [5, 5.41) is 14.9. The fourth-order valence-electron chi connectivity index (χ4n) is 3.47. The number of carbonyl (C=O) groups is 1. The second-order valence-electron chi connectivity index (χ2n) is 6.67. The zero-order valence-corrected chi connectivity index (χ0v) is 15.0. The molecule has 1 atom stereocenters. The van der Waals surface area contributed by atoms with Gasteiger partial charge in [-0.25, -0.2) is 4.68 Å². The van der Waals surface area contributed by atoms with E-state index in [-0.39, 0.29) is 11.9 Å². The van der Waals surface area contributed by atoms with Crippen molar-refractivity contribution >= 4 is 5.91 Å². The third kappa shape index (κ3) is 4.07. The molecule has 2 N–H and O–H groups in total. The van der Waals surface area contributed by atoms with E-state index >= 15 is 0 Å². The molecule has 1 aromatic carbocycles. The number of benzene rings is 1. The van der Waals surface area contributed by atoms with Crippen molar-refractivity contribution in [2.75, 3.05) is 13.1 Å². The zero-order valence-electron chi connectivity index (χ0n) is 15.0. The summed E-state index contributed by atoms with van der Waals surface area (Å²) in [5.41, 5.74) is 2.42. The quantitative estimate of drug-likeness (QED) is 0.847. The summed E-state index contributed by atoms with van der Waals surface area (Å²) in [6.07, 6.45) is 3.94. The number of hydrogen-bond acceptors (Lipinski definition) is 4. The van der Waals surface area contributed by atoms with Crippen LogP contribution in [-0.2, 0) is 0 Å². The first-order valence-corrected chi connectivity index (χ1v) is 9.19. The minimum Gasteiger partial charge on any atom is -0.344 e. The van der Waals surface area contributed by atoms with E-state index in [4.69, 9.17) is 0 Å². The monoisotopic (exact) mass is 341 g/mol. The Balaban J connectivity index is 1.75. The number of amides is 1. The Kier molecular flexibility index (Phi) is 5.81. The molecule has 25 heavy (non-hydrogen) atoms. The molecule has 6 heteroatoms. The predicted molar refractivity (Wildman–Crippen MR) is 97.5 cm³/mol. The normalized spacial score (nSPS) is 16.6. The second-order valence-corrected chi connectivity index (χ2v) is 6.67. The fourth-order valence-corrected chi connectivity index (χ4v) is 3.47. The van der Waals surface area contributed by atoms with Crippen molar-refractivity contribution in [2.45, 2.75) is 51.6 Å². The van der Waals surface area contributed by atoms with Crippen molar-refractivity contribution in [3.8, 4) is 0 Å². The molecule has 6 nitrogen and oxygen atoms in total. The number of rotatable bonds is 6.